The molecular weight excluding hydrogens is 341 g/mol. The highest BCUT2D eigenvalue weighted by Gasteiger charge is 2.28. The maximum Gasteiger partial charge on any atom is 0.157 e. The van der Waals surface area contributed by atoms with Crippen molar-refractivity contribution in [1.82, 2.24) is 9.78 Å². The van der Waals surface area contributed by atoms with Crippen LogP contribution in [0.25, 0.3) is 11.3 Å². The standard InChI is InChI=1S/C17H12ClF3N2O/c1-23-15(13-11(20)7-4-8-12(13)21)14(17(18)22-23)16(24)9-5-2-3-6-10(9)19/h2-8,16,24H,1H3. The van der Waals surface area contributed by atoms with E-state index < -0.39 is 23.6 Å². The lowest BCUT2D eigenvalue weighted by molar-refractivity contribution is 0.215. The van der Waals surface area contributed by atoms with Crippen LogP contribution in [-0.2, 0) is 7.05 Å². The van der Waals surface area contributed by atoms with Crippen LogP contribution >= 0.6 is 11.6 Å². The molecule has 0 spiro atoms. The summed E-state index contributed by atoms with van der Waals surface area (Å²) in [5.41, 5.74) is -0.560. The molecule has 0 fully saturated rings. The summed E-state index contributed by atoms with van der Waals surface area (Å²) < 4.78 is 43.5. The first-order valence-corrected chi connectivity index (χ1v) is 7.39. The smallest absolute Gasteiger partial charge is 0.157 e. The number of hydrogen-bond acceptors (Lipinski definition) is 2. The van der Waals surface area contributed by atoms with E-state index >= 15 is 0 Å². The fraction of sp³-hybridized carbons (Fsp3) is 0.118. The van der Waals surface area contributed by atoms with Gasteiger partial charge in [0.25, 0.3) is 0 Å². The highest BCUT2D eigenvalue weighted by molar-refractivity contribution is 6.30. The van der Waals surface area contributed by atoms with Crippen molar-refractivity contribution in [3.05, 3.63) is 76.2 Å². The molecule has 0 aliphatic heterocycles. The van der Waals surface area contributed by atoms with Crippen LogP contribution in [0.15, 0.2) is 42.5 Å². The van der Waals surface area contributed by atoms with E-state index in [4.69, 9.17) is 11.6 Å². The van der Waals surface area contributed by atoms with Crippen LogP contribution < -0.4 is 0 Å². The van der Waals surface area contributed by atoms with Gasteiger partial charge < -0.3 is 5.11 Å². The zero-order valence-electron chi connectivity index (χ0n) is 12.5. The molecule has 3 aromatic rings. The number of rotatable bonds is 3. The van der Waals surface area contributed by atoms with Crippen LogP contribution in [-0.4, -0.2) is 14.9 Å². The molecule has 1 unspecified atom stereocenters. The third kappa shape index (κ3) is 2.68. The zero-order chi connectivity index (χ0) is 17.4. The first-order valence-electron chi connectivity index (χ1n) is 7.01. The van der Waals surface area contributed by atoms with E-state index in [1.807, 2.05) is 0 Å². The Hall–Kier alpha value is -2.31. The maximum atomic E-state index is 14.2. The monoisotopic (exact) mass is 352 g/mol. The molecule has 2 aromatic carbocycles. The predicted octanol–water partition coefficient (Wildman–Crippen LogP) is 4.24. The quantitative estimate of drug-likeness (QED) is 0.765. The average Bonchev–Trinajstić information content (AvgIpc) is 2.81. The van der Waals surface area contributed by atoms with Crippen molar-refractivity contribution in [3.63, 3.8) is 0 Å². The second-order valence-corrected chi connectivity index (χ2v) is 5.56. The Labute approximate surface area is 140 Å². The molecule has 7 heteroatoms. The fourth-order valence-corrected chi connectivity index (χ4v) is 2.93. The first kappa shape index (κ1) is 16.5. The Balaban J connectivity index is 2.26. The third-order valence-electron chi connectivity index (χ3n) is 3.71. The Morgan fingerprint density at radius 2 is 1.58 bits per heavy atom. The van der Waals surface area contributed by atoms with Crippen LogP contribution in [0.2, 0.25) is 5.15 Å². The van der Waals surface area contributed by atoms with Crippen molar-refractivity contribution in [1.29, 1.82) is 0 Å². The third-order valence-corrected chi connectivity index (χ3v) is 3.99. The molecular formula is C17H12ClF3N2O. The molecule has 1 aromatic heterocycles. The molecule has 0 bridgehead atoms. The molecule has 124 valence electrons. The number of hydrogen-bond donors (Lipinski definition) is 1. The minimum absolute atomic E-state index is 0.0497. The summed E-state index contributed by atoms with van der Waals surface area (Å²) in [5.74, 6) is -2.34. The summed E-state index contributed by atoms with van der Waals surface area (Å²) in [6.45, 7) is 0. The van der Waals surface area contributed by atoms with Gasteiger partial charge in [-0.05, 0) is 18.2 Å². The van der Waals surface area contributed by atoms with Crippen molar-refractivity contribution in [2.45, 2.75) is 6.10 Å². The zero-order valence-corrected chi connectivity index (χ0v) is 13.2. The van der Waals surface area contributed by atoms with Gasteiger partial charge in [0.05, 0.1) is 16.8 Å². The molecule has 0 saturated heterocycles. The Morgan fingerprint density at radius 3 is 2.21 bits per heavy atom. The van der Waals surface area contributed by atoms with E-state index in [1.54, 1.807) is 0 Å². The van der Waals surface area contributed by atoms with Crippen LogP contribution in [0.4, 0.5) is 13.2 Å². The van der Waals surface area contributed by atoms with Crippen LogP contribution in [0, 0.1) is 17.5 Å². The van der Waals surface area contributed by atoms with Gasteiger partial charge in [-0.2, -0.15) is 5.10 Å². The predicted molar refractivity (Wildman–Crippen MR) is 84.0 cm³/mol. The van der Waals surface area contributed by atoms with E-state index in [2.05, 4.69) is 5.10 Å². The van der Waals surface area contributed by atoms with Gasteiger partial charge in [-0.1, -0.05) is 35.9 Å². The molecule has 0 radical (unpaired) electrons. The molecule has 0 saturated carbocycles. The molecule has 3 nitrogen and oxygen atoms in total. The van der Waals surface area contributed by atoms with Crippen molar-refractivity contribution in [2.75, 3.05) is 0 Å². The van der Waals surface area contributed by atoms with Gasteiger partial charge in [0.15, 0.2) is 5.15 Å². The highest BCUT2D eigenvalue weighted by Crippen LogP contribution is 2.39. The minimum Gasteiger partial charge on any atom is -0.383 e. The van der Waals surface area contributed by atoms with E-state index in [1.165, 1.54) is 37.4 Å². The largest absolute Gasteiger partial charge is 0.383 e. The number of aliphatic hydroxyl groups excluding tert-OH is 1. The number of halogens is 4. The van der Waals surface area contributed by atoms with E-state index in [0.29, 0.717) is 0 Å². The Morgan fingerprint density at radius 1 is 1.00 bits per heavy atom. The summed E-state index contributed by atoms with van der Waals surface area (Å²) in [7, 11) is 1.44. The summed E-state index contributed by atoms with van der Waals surface area (Å²) in [6, 6.07) is 8.93. The number of aryl methyl sites for hydroxylation is 1. The van der Waals surface area contributed by atoms with Gasteiger partial charge >= 0.3 is 0 Å². The molecule has 0 aliphatic carbocycles. The second kappa shape index (κ2) is 6.30. The van der Waals surface area contributed by atoms with Crippen molar-refractivity contribution in [3.8, 4) is 11.3 Å². The molecule has 1 atom stereocenters. The number of benzene rings is 2. The lowest BCUT2D eigenvalue weighted by Gasteiger charge is -2.15. The summed E-state index contributed by atoms with van der Waals surface area (Å²) in [5, 5.41) is 14.3. The SMILES string of the molecule is Cn1nc(Cl)c(C(O)c2ccccc2F)c1-c1c(F)cccc1F. The number of nitrogens with zero attached hydrogens (tertiary/aromatic N) is 2. The van der Waals surface area contributed by atoms with Gasteiger partial charge in [0, 0.05) is 12.6 Å². The number of aliphatic hydroxyl groups is 1. The molecule has 0 amide bonds. The van der Waals surface area contributed by atoms with E-state index in [9.17, 15) is 18.3 Å². The molecule has 1 N–H and O–H groups in total. The van der Waals surface area contributed by atoms with Crippen molar-refractivity contribution in [2.24, 2.45) is 7.05 Å². The Kier molecular flexibility index (Phi) is 4.34. The van der Waals surface area contributed by atoms with E-state index in [-0.39, 0.29) is 27.5 Å². The van der Waals surface area contributed by atoms with Gasteiger partial charge in [-0.15, -0.1) is 0 Å². The average molecular weight is 353 g/mol. The van der Waals surface area contributed by atoms with Crippen molar-refractivity contribution < 1.29 is 18.3 Å². The molecule has 0 aliphatic rings. The lowest BCUT2D eigenvalue weighted by atomic mass is 9.97. The summed E-state index contributed by atoms with van der Waals surface area (Å²) in [4.78, 5) is 0. The lowest BCUT2D eigenvalue weighted by Crippen LogP contribution is -2.06. The van der Waals surface area contributed by atoms with Gasteiger partial charge in [0.1, 0.15) is 23.6 Å². The van der Waals surface area contributed by atoms with Crippen molar-refractivity contribution >= 4 is 11.6 Å². The van der Waals surface area contributed by atoms with Gasteiger partial charge in [-0.25, -0.2) is 13.2 Å². The topological polar surface area (TPSA) is 38.0 Å². The van der Waals surface area contributed by atoms with Crippen LogP contribution in [0.1, 0.15) is 17.2 Å². The van der Waals surface area contributed by atoms with E-state index in [0.717, 1.165) is 16.8 Å². The second-order valence-electron chi connectivity index (χ2n) is 5.20. The van der Waals surface area contributed by atoms with Crippen LogP contribution in [0.3, 0.4) is 0 Å². The maximum absolute atomic E-state index is 14.2. The fourth-order valence-electron chi connectivity index (χ4n) is 2.62. The van der Waals surface area contributed by atoms with Crippen LogP contribution in [0.5, 0.6) is 0 Å². The summed E-state index contributed by atoms with van der Waals surface area (Å²) in [6.07, 6.45) is -1.53. The van der Waals surface area contributed by atoms with Gasteiger partial charge in [-0.3, -0.25) is 4.68 Å². The normalized spacial score (nSPS) is 12.4. The number of aromatic nitrogens is 2. The molecule has 1 heterocycles. The van der Waals surface area contributed by atoms with Gasteiger partial charge in [0.2, 0.25) is 0 Å². The minimum atomic E-state index is -1.53. The Bertz CT molecular complexity index is 891. The summed E-state index contributed by atoms with van der Waals surface area (Å²) >= 11 is 6.04. The first-order chi connectivity index (χ1) is 11.4. The molecule has 24 heavy (non-hydrogen) atoms. The highest BCUT2D eigenvalue weighted by atomic mass is 35.5. The molecule has 3 rings (SSSR count).